The lowest BCUT2D eigenvalue weighted by atomic mass is 9.84. The second-order valence-electron chi connectivity index (χ2n) is 7.04. The van der Waals surface area contributed by atoms with E-state index in [0.717, 1.165) is 12.8 Å². The van der Waals surface area contributed by atoms with Crippen molar-refractivity contribution >= 4 is 5.91 Å². The fourth-order valence-corrected chi connectivity index (χ4v) is 4.12. The first-order valence-corrected chi connectivity index (χ1v) is 8.90. The maximum atomic E-state index is 12.7. The molecule has 1 aliphatic heterocycles. The molecule has 0 aromatic heterocycles. The van der Waals surface area contributed by atoms with E-state index in [1.165, 1.54) is 32.1 Å². The highest BCUT2D eigenvalue weighted by molar-refractivity contribution is 5.82. The SMILES string of the molecule is C[C@@H](NC(=O)C1NNC2/C=C\C=C/CCC21)C1CCCCC1. The molecule has 2 aliphatic carbocycles. The Morgan fingerprint density at radius 1 is 1.14 bits per heavy atom. The van der Waals surface area contributed by atoms with Crippen molar-refractivity contribution in [1.82, 2.24) is 16.2 Å². The summed E-state index contributed by atoms with van der Waals surface area (Å²) in [6.45, 7) is 2.18. The van der Waals surface area contributed by atoms with Gasteiger partial charge in [-0.3, -0.25) is 4.79 Å². The number of hydrazine groups is 1. The fraction of sp³-hybridized carbons (Fsp3) is 0.722. The van der Waals surface area contributed by atoms with Gasteiger partial charge >= 0.3 is 0 Å². The molecule has 0 radical (unpaired) electrons. The van der Waals surface area contributed by atoms with E-state index in [4.69, 9.17) is 0 Å². The van der Waals surface area contributed by atoms with E-state index in [-0.39, 0.29) is 24.0 Å². The second-order valence-corrected chi connectivity index (χ2v) is 7.04. The monoisotopic (exact) mass is 303 g/mol. The summed E-state index contributed by atoms with van der Waals surface area (Å²) in [4.78, 5) is 12.7. The molecule has 4 heteroatoms. The van der Waals surface area contributed by atoms with Crippen LogP contribution in [0.5, 0.6) is 0 Å². The van der Waals surface area contributed by atoms with Crippen LogP contribution < -0.4 is 16.2 Å². The van der Waals surface area contributed by atoms with E-state index >= 15 is 0 Å². The number of allylic oxidation sites excluding steroid dienone is 3. The molecule has 3 rings (SSSR count). The summed E-state index contributed by atoms with van der Waals surface area (Å²) in [7, 11) is 0. The van der Waals surface area contributed by atoms with E-state index in [0.29, 0.717) is 11.8 Å². The zero-order chi connectivity index (χ0) is 15.4. The Kier molecular flexibility index (Phi) is 5.32. The molecule has 122 valence electrons. The smallest absolute Gasteiger partial charge is 0.239 e. The molecule has 0 spiro atoms. The van der Waals surface area contributed by atoms with Gasteiger partial charge in [-0.2, -0.15) is 0 Å². The summed E-state index contributed by atoms with van der Waals surface area (Å²) in [5.41, 5.74) is 6.50. The van der Waals surface area contributed by atoms with Crippen LogP contribution in [0.1, 0.15) is 51.9 Å². The van der Waals surface area contributed by atoms with Crippen LogP contribution in [0.2, 0.25) is 0 Å². The minimum Gasteiger partial charge on any atom is -0.352 e. The number of hydrogen-bond donors (Lipinski definition) is 3. The number of hydrogen-bond acceptors (Lipinski definition) is 3. The first-order chi connectivity index (χ1) is 10.8. The summed E-state index contributed by atoms with van der Waals surface area (Å²) in [5, 5.41) is 3.28. The van der Waals surface area contributed by atoms with Crippen LogP contribution in [0.25, 0.3) is 0 Å². The molecule has 1 saturated heterocycles. The zero-order valence-corrected chi connectivity index (χ0v) is 13.6. The molecule has 1 amide bonds. The highest BCUT2D eigenvalue weighted by Gasteiger charge is 2.39. The first-order valence-electron chi connectivity index (χ1n) is 8.90. The Labute approximate surface area is 133 Å². The van der Waals surface area contributed by atoms with E-state index in [9.17, 15) is 4.79 Å². The minimum absolute atomic E-state index is 0.118. The van der Waals surface area contributed by atoms with Crippen LogP contribution in [0.4, 0.5) is 0 Å². The topological polar surface area (TPSA) is 53.2 Å². The Hall–Kier alpha value is -1.13. The first kappa shape index (κ1) is 15.8. The largest absolute Gasteiger partial charge is 0.352 e. The highest BCUT2D eigenvalue weighted by atomic mass is 16.2. The molecular formula is C18H29N3O. The van der Waals surface area contributed by atoms with Crippen LogP contribution in [0.15, 0.2) is 24.3 Å². The van der Waals surface area contributed by atoms with Crippen molar-refractivity contribution in [2.45, 2.75) is 70.0 Å². The lowest BCUT2D eigenvalue weighted by Crippen LogP contribution is -2.50. The Bertz CT molecular complexity index is 440. The molecule has 0 aromatic carbocycles. The Morgan fingerprint density at radius 3 is 2.77 bits per heavy atom. The van der Waals surface area contributed by atoms with Crippen molar-refractivity contribution in [3.8, 4) is 0 Å². The van der Waals surface area contributed by atoms with Crippen LogP contribution >= 0.6 is 0 Å². The lowest BCUT2D eigenvalue weighted by Gasteiger charge is -2.30. The molecule has 0 bridgehead atoms. The number of nitrogens with one attached hydrogen (secondary N) is 3. The van der Waals surface area contributed by atoms with Gasteiger partial charge in [0, 0.05) is 18.0 Å². The van der Waals surface area contributed by atoms with Gasteiger partial charge < -0.3 is 5.32 Å². The number of carbonyl (C=O) groups excluding carboxylic acids is 1. The van der Waals surface area contributed by atoms with Gasteiger partial charge in [-0.15, -0.1) is 0 Å². The molecule has 22 heavy (non-hydrogen) atoms. The minimum atomic E-state index is -0.118. The average molecular weight is 303 g/mol. The third-order valence-electron chi connectivity index (χ3n) is 5.54. The molecule has 2 fully saturated rings. The summed E-state index contributed by atoms with van der Waals surface area (Å²) < 4.78 is 0. The summed E-state index contributed by atoms with van der Waals surface area (Å²) in [5.74, 6) is 1.15. The van der Waals surface area contributed by atoms with Crippen LogP contribution in [0.3, 0.4) is 0 Å². The molecule has 3 aliphatic rings. The molecular weight excluding hydrogens is 274 g/mol. The van der Waals surface area contributed by atoms with Gasteiger partial charge in [0.25, 0.3) is 0 Å². The van der Waals surface area contributed by atoms with Crippen LogP contribution in [-0.2, 0) is 4.79 Å². The fourth-order valence-electron chi connectivity index (χ4n) is 4.12. The maximum Gasteiger partial charge on any atom is 0.239 e. The van der Waals surface area contributed by atoms with Gasteiger partial charge in [0.1, 0.15) is 6.04 Å². The van der Waals surface area contributed by atoms with E-state index in [1.807, 2.05) is 0 Å². The summed E-state index contributed by atoms with van der Waals surface area (Å²) in [6, 6.07) is 0.426. The zero-order valence-electron chi connectivity index (χ0n) is 13.6. The molecule has 3 unspecified atom stereocenters. The van der Waals surface area contributed by atoms with Gasteiger partial charge in [-0.05, 0) is 38.5 Å². The lowest BCUT2D eigenvalue weighted by molar-refractivity contribution is -0.124. The third-order valence-corrected chi connectivity index (χ3v) is 5.54. The highest BCUT2D eigenvalue weighted by Crippen LogP contribution is 2.27. The van der Waals surface area contributed by atoms with Gasteiger partial charge in [-0.1, -0.05) is 43.6 Å². The Morgan fingerprint density at radius 2 is 1.95 bits per heavy atom. The van der Waals surface area contributed by atoms with Gasteiger partial charge in [0.15, 0.2) is 0 Å². The number of carbonyl (C=O) groups is 1. The predicted octanol–water partition coefficient (Wildman–Crippen LogP) is 2.44. The van der Waals surface area contributed by atoms with E-state index in [2.05, 4.69) is 47.4 Å². The molecule has 0 aromatic rings. The molecule has 4 atom stereocenters. The number of amides is 1. The van der Waals surface area contributed by atoms with Crippen molar-refractivity contribution < 1.29 is 4.79 Å². The summed E-state index contributed by atoms with van der Waals surface area (Å²) >= 11 is 0. The number of rotatable bonds is 3. The molecule has 1 heterocycles. The summed E-state index contributed by atoms with van der Waals surface area (Å²) in [6.07, 6.45) is 17.1. The molecule has 4 nitrogen and oxygen atoms in total. The van der Waals surface area contributed by atoms with Crippen molar-refractivity contribution in [2.75, 3.05) is 0 Å². The molecule has 3 N–H and O–H groups in total. The van der Waals surface area contributed by atoms with E-state index in [1.54, 1.807) is 0 Å². The van der Waals surface area contributed by atoms with Crippen molar-refractivity contribution in [2.24, 2.45) is 11.8 Å². The van der Waals surface area contributed by atoms with Crippen molar-refractivity contribution in [3.05, 3.63) is 24.3 Å². The van der Waals surface area contributed by atoms with Gasteiger partial charge in [-0.25, -0.2) is 10.9 Å². The normalized spacial score (nSPS) is 36.7. The van der Waals surface area contributed by atoms with Gasteiger partial charge in [0.05, 0.1) is 0 Å². The standard InChI is InChI=1S/C18H29N3O/c1-13(14-9-5-4-6-10-14)19-18(22)17-15-11-7-2-3-8-12-16(15)20-21-17/h2-3,8,12-17,20-21H,4-7,9-11H2,1H3,(H,19,22)/b3-2-,12-8-/t13-,15?,16?,17?/m1/s1. The third kappa shape index (κ3) is 3.61. The number of fused-ring (bicyclic) bond motifs is 1. The van der Waals surface area contributed by atoms with Gasteiger partial charge in [0.2, 0.25) is 5.91 Å². The Balaban J connectivity index is 1.57. The molecule has 1 saturated carbocycles. The maximum absolute atomic E-state index is 12.7. The van der Waals surface area contributed by atoms with E-state index < -0.39 is 0 Å². The quantitative estimate of drug-likeness (QED) is 0.750. The average Bonchev–Trinajstić information content (AvgIpc) is 2.90. The van der Waals surface area contributed by atoms with Crippen LogP contribution in [-0.4, -0.2) is 24.0 Å². The van der Waals surface area contributed by atoms with Crippen LogP contribution in [0, 0.1) is 11.8 Å². The van der Waals surface area contributed by atoms with Crippen molar-refractivity contribution in [3.63, 3.8) is 0 Å². The second kappa shape index (κ2) is 7.42. The van der Waals surface area contributed by atoms with Crippen molar-refractivity contribution in [1.29, 1.82) is 0 Å². The predicted molar refractivity (Wildman–Crippen MR) is 89.0 cm³/mol.